The van der Waals surface area contributed by atoms with Crippen molar-refractivity contribution in [1.29, 1.82) is 0 Å². The van der Waals surface area contributed by atoms with Crippen molar-refractivity contribution in [2.24, 2.45) is 0 Å². The van der Waals surface area contributed by atoms with E-state index in [4.69, 9.17) is 13.9 Å². The van der Waals surface area contributed by atoms with Gasteiger partial charge in [0.15, 0.2) is 5.76 Å². The molecule has 0 spiro atoms. The van der Waals surface area contributed by atoms with Gasteiger partial charge in [-0.05, 0) is 31.0 Å². The number of aryl methyl sites for hydroxylation is 2. The Morgan fingerprint density at radius 3 is 2.43 bits per heavy atom. The van der Waals surface area contributed by atoms with E-state index < -0.39 is 0 Å². The molecule has 0 aliphatic rings. The van der Waals surface area contributed by atoms with E-state index in [1.807, 2.05) is 6.07 Å². The van der Waals surface area contributed by atoms with Crippen LogP contribution < -0.4 is 14.8 Å². The first-order chi connectivity index (χ1) is 13.5. The molecular formula is C21H22N2O4S. The lowest BCUT2D eigenvalue weighted by Gasteiger charge is -2.09. The lowest BCUT2D eigenvalue weighted by molar-refractivity contribution is -0.113. The minimum Gasteiger partial charge on any atom is -0.497 e. The first-order valence-electron chi connectivity index (χ1n) is 8.67. The zero-order valence-electron chi connectivity index (χ0n) is 16.2. The van der Waals surface area contributed by atoms with Gasteiger partial charge < -0.3 is 19.2 Å². The van der Waals surface area contributed by atoms with Crippen LogP contribution in [-0.2, 0) is 4.79 Å². The molecular weight excluding hydrogens is 376 g/mol. The van der Waals surface area contributed by atoms with E-state index in [9.17, 15) is 4.79 Å². The van der Waals surface area contributed by atoms with Crippen LogP contribution in [-0.4, -0.2) is 30.9 Å². The summed E-state index contributed by atoms with van der Waals surface area (Å²) in [7, 11) is 3.12. The maximum atomic E-state index is 12.3. The number of hydrogen-bond acceptors (Lipinski definition) is 6. The predicted octanol–water partition coefficient (Wildman–Crippen LogP) is 4.71. The average molecular weight is 398 g/mol. The van der Waals surface area contributed by atoms with Crippen molar-refractivity contribution in [3.63, 3.8) is 0 Å². The van der Waals surface area contributed by atoms with Crippen molar-refractivity contribution in [2.75, 3.05) is 25.3 Å². The molecule has 0 atom stereocenters. The summed E-state index contributed by atoms with van der Waals surface area (Å²) in [6, 6.07) is 11.3. The van der Waals surface area contributed by atoms with Crippen LogP contribution >= 0.6 is 11.8 Å². The number of hydrogen-bond donors (Lipinski definition) is 1. The summed E-state index contributed by atoms with van der Waals surface area (Å²) in [5, 5.41) is 3.28. The minimum absolute atomic E-state index is 0.173. The Balaban J connectivity index is 1.61. The molecule has 0 saturated carbocycles. The standard InChI is InChI=1S/C21H22N2O4S/c1-13-5-6-15(7-14(13)2)19-11-22-21(27-19)28-12-20(24)23-16-8-17(25-3)10-18(9-16)26-4/h5-11H,12H2,1-4H3,(H,23,24). The molecule has 0 bridgehead atoms. The van der Waals surface area contributed by atoms with E-state index in [2.05, 4.69) is 36.3 Å². The number of benzene rings is 2. The van der Waals surface area contributed by atoms with E-state index in [0.29, 0.717) is 28.2 Å². The third-order valence-corrected chi connectivity index (χ3v) is 5.08. The number of oxazole rings is 1. The molecule has 6 nitrogen and oxygen atoms in total. The second kappa shape index (κ2) is 8.84. The molecule has 2 aromatic carbocycles. The van der Waals surface area contributed by atoms with Gasteiger partial charge in [0.25, 0.3) is 5.22 Å². The summed E-state index contributed by atoms with van der Waals surface area (Å²) in [6.45, 7) is 4.13. The second-order valence-electron chi connectivity index (χ2n) is 6.23. The Labute approximate surface area is 168 Å². The summed E-state index contributed by atoms with van der Waals surface area (Å²) >= 11 is 1.24. The summed E-state index contributed by atoms with van der Waals surface area (Å²) in [4.78, 5) is 16.5. The third-order valence-electron chi connectivity index (χ3n) is 4.24. The van der Waals surface area contributed by atoms with Crippen LogP contribution in [0.25, 0.3) is 11.3 Å². The molecule has 1 amide bonds. The van der Waals surface area contributed by atoms with Gasteiger partial charge in [-0.15, -0.1) is 0 Å². The van der Waals surface area contributed by atoms with Crippen molar-refractivity contribution >= 4 is 23.4 Å². The van der Waals surface area contributed by atoms with Crippen LogP contribution in [0.3, 0.4) is 0 Å². The SMILES string of the molecule is COc1cc(NC(=O)CSc2ncc(-c3ccc(C)c(C)c3)o2)cc(OC)c1. The third kappa shape index (κ3) is 4.86. The van der Waals surface area contributed by atoms with Crippen LogP contribution in [0.1, 0.15) is 11.1 Å². The summed E-state index contributed by atoms with van der Waals surface area (Å²) < 4.78 is 16.2. The second-order valence-corrected chi connectivity index (χ2v) is 7.15. The summed E-state index contributed by atoms with van der Waals surface area (Å²) in [5.41, 5.74) is 3.99. The molecule has 3 rings (SSSR count). The Bertz CT molecular complexity index is 962. The molecule has 0 saturated heterocycles. The Morgan fingerprint density at radius 2 is 1.79 bits per heavy atom. The number of thioether (sulfide) groups is 1. The largest absolute Gasteiger partial charge is 0.497 e. The highest BCUT2D eigenvalue weighted by molar-refractivity contribution is 7.99. The molecule has 3 aromatic rings. The molecule has 0 aliphatic heterocycles. The van der Waals surface area contributed by atoms with Gasteiger partial charge in [-0.1, -0.05) is 23.9 Å². The number of carbonyl (C=O) groups is 1. The molecule has 28 heavy (non-hydrogen) atoms. The van der Waals surface area contributed by atoms with Crippen LogP contribution in [0.4, 0.5) is 5.69 Å². The molecule has 1 N–H and O–H groups in total. The molecule has 1 aromatic heterocycles. The number of nitrogens with zero attached hydrogens (tertiary/aromatic N) is 1. The van der Waals surface area contributed by atoms with E-state index in [1.165, 1.54) is 22.9 Å². The van der Waals surface area contributed by atoms with Gasteiger partial charge in [-0.25, -0.2) is 4.98 Å². The summed E-state index contributed by atoms with van der Waals surface area (Å²) in [5.74, 6) is 1.89. The van der Waals surface area contributed by atoms with E-state index in [1.54, 1.807) is 38.6 Å². The first-order valence-corrected chi connectivity index (χ1v) is 9.66. The van der Waals surface area contributed by atoms with Crippen LogP contribution in [0.5, 0.6) is 11.5 Å². The fourth-order valence-corrected chi connectivity index (χ4v) is 3.16. The van der Waals surface area contributed by atoms with Gasteiger partial charge in [0.1, 0.15) is 11.5 Å². The molecule has 0 radical (unpaired) electrons. The van der Waals surface area contributed by atoms with Crippen molar-refractivity contribution in [1.82, 2.24) is 4.98 Å². The zero-order valence-corrected chi connectivity index (χ0v) is 17.1. The van der Waals surface area contributed by atoms with Gasteiger partial charge in [-0.2, -0.15) is 0 Å². The first kappa shape index (κ1) is 19.8. The number of anilines is 1. The van der Waals surface area contributed by atoms with Crippen LogP contribution in [0, 0.1) is 13.8 Å². The van der Waals surface area contributed by atoms with Gasteiger partial charge in [0, 0.05) is 29.4 Å². The highest BCUT2D eigenvalue weighted by Gasteiger charge is 2.11. The monoisotopic (exact) mass is 398 g/mol. The van der Waals surface area contributed by atoms with E-state index in [0.717, 1.165) is 5.56 Å². The predicted molar refractivity (Wildman–Crippen MR) is 110 cm³/mol. The topological polar surface area (TPSA) is 73.6 Å². The Hall–Kier alpha value is -2.93. The number of amides is 1. The molecule has 0 unspecified atom stereocenters. The zero-order chi connectivity index (χ0) is 20.1. The average Bonchev–Trinajstić information content (AvgIpc) is 3.17. The van der Waals surface area contributed by atoms with Gasteiger partial charge in [-0.3, -0.25) is 4.79 Å². The van der Waals surface area contributed by atoms with Gasteiger partial charge in [0.05, 0.1) is 26.2 Å². The quantitative estimate of drug-likeness (QED) is 0.581. The van der Waals surface area contributed by atoms with Crippen LogP contribution in [0.2, 0.25) is 0 Å². The lowest BCUT2D eigenvalue weighted by Crippen LogP contribution is -2.14. The number of carbonyl (C=O) groups excluding carboxylic acids is 1. The van der Waals surface area contributed by atoms with Crippen molar-refractivity contribution in [3.05, 3.63) is 53.7 Å². The molecule has 1 heterocycles. The Kier molecular flexibility index (Phi) is 6.26. The molecule has 7 heteroatoms. The minimum atomic E-state index is -0.175. The normalized spacial score (nSPS) is 10.6. The Morgan fingerprint density at radius 1 is 1.07 bits per heavy atom. The number of aromatic nitrogens is 1. The van der Waals surface area contributed by atoms with Gasteiger partial charge >= 0.3 is 0 Å². The highest BCUT2D eigenvalue weighted by Crippen LogP contribution is 2.28. The lowest BCUT2D eigenvalue weighted by atomic mass is 10.1. The van der Waals surface area contributed by atoms with Crippen molar-refractivity contribution < 1.29 is 18.7 Å². The maximum Gasteiger partial charge on any atom is 0.256 e. The molecule has 0 aliphatic carbocycles. The highest BCUT2D eigenvalue weighted by atomic mass is 32.2. The van der Waals surface area contributed by atoms with Gasteiger partial charge in [0.2, 0.25) is 5.91 Å². The maximum absolute atomic E-state index is 12.3. The smallest absolute Gasteiger partial charge is 0.256 e. The number of nitrogens with one attached hydrogen (secondary N) is 1. The van der Waals surface area contributed by atoms with Crippen LogP contribution in [0.15, 0.2) is 52.2 Å². The van der Waals surface area contributed by atoms with E-state index >= 15 is 0 Å². The fourth-order valence-electron chi connectivity index (χ4n) is 2.56. The number of rotatable bonds is 7. The fraction of sp³-hybridized carbons (Fsp3) is 0.238. The van der Waals surface area contributed by atoms with Crippen molar-refractivity contribution in [2.45, 2.75) is 19.1 Å². The van der Waals surface area contributed by atoms with Crippen molar-refractivity contribution in [3.8, 4) is 22.8 Å². The molecule has 146 valence electrons. The van der Waals surface area contributed by atoms with E-state index in [-0.39, 0.29) is 11.7 Å². The molecule has 0 fully saturated rings. The number of ether oxygens (including phenoxy) is 2. The summed E-state index contributed by atoms with van der Waals surface area (Å²) in [6.07, 6.45) is 1.68. The number of methoxy groups -OCH3 is 2.